The topological polar surface area (TPSA) is 30.3 Å². The lowest BCUT2D eigenvalue weighted by molar-refractivity contribution is 0.415. The molecule has 13 rings (SSSR count). The first-order chi connectivity index (χ1) is 34.2. The van der Waals surface area contributed by atoms with E-state index in [2.05, 4.69) is 234 Å². The Balaban J connectivity index is 0.890. The highest BCUT2D eigenvalue weighted by Gasteiger charge is 2.46. The van der Waals surface area contributed by atoms with Gasteiger partial charge in [-0.1, -0.05) is 158 Å². The minimum absolute atomic E-state index is 0.577. The summed E-state index contributed by atoms with van der Waals surface area (Å²) >= 11 is 0. The van der Waals surface area contributed by atoms with Crippen LogP contribution in [0.1, 0.15) is 39.8 Å². The summed E-state index contributed by atoms with van der Waals surface area (Å²) in [5.74, 6) is 0.833. The molecule has 0 unspecified atom stereocenters. The van der Waals surface area contributed by atoms with Crippen molar-refractivity contribution < 1.29 is 4.74 Å². The van der Waals surface area contributed by atoms with E-state index < -0.39 is 5.41 Å². The Morgan fingerprint density at radius 3 is 1.81 bits per heavy atom. The Kier molecular flexibility index (Phi) is 9.72. The summed E-state index contributed by atoms with van der Waals surface area (Å²) in [6, 6.07) is 81.9. The number of aryl methyl sites for hydroxylation is 1. The van der Waals surface area contributed by atoms with Crippen LogP contribution in [0.5, 0.6) is 5.75 Å². The van der Waals surface area contributed by atoms with Crippen molar-refractivity contribution in [1.29, 1.82) is 0 Å². The maximum absolute atomic E-state index is 5.59. The highest BCUT2D eigenvalue weighted by molar-refractivity contribution is 6.09. The standard InChI is InChI=1S/C65H47N3O/c1-69-53-39-37-51(38-40-53)67(62-27-13-15-44-14-2-3-18-54(44)62)50-35-31-48(32-36-50)65(59-23-8-4-19-55(59)56-20-5-9-24-60(56)65)49-17-12-16-46(42-49)47-30-41-61(66-43-47)45-28-33-52(34-29-45)68-63-25-10-6-21-57(63)58-22-7-11-26-64(58)68/h3-13,15-43H,2,14H2,1H3. The van der Waals surface area contributed by atoms with Crippen LogP contribution in [-0.2, 0) is 11.8 Å². The van der Waals surface area contributed by atoms with Crippen LogP contribution in [0.2, 0.25) is 0 Å². The zero-order valence-electron chi connectivity index (χ0n) is 38.3. The van der Waals surface area contributed by atoms with Crippen LogP contribution in [-0.4, -0.2) is 16.7 Å². The van der Waals surface area contributed by atoms with Crippen LogP contribution in [0, 0.1) is 0 Å². The molecule has 0 aliphatic heterocycles. The number of fused-ring (bicyclic) bond motifs is 7. The molecule has 0 saturated heterocycles. The number of benzene rings is 9. The molecular formula is C65H47N3O. The minimum Gasteiger partial charge on any atom is -0.497 e. The minimum atomic E-state index is -0.577. The zero-order valence-corrected chi connectivity index (χ0v) is 38.3. The Hall–Kier alpha value is -8.73. The van der Waals surface area contributed by atoms with E-state index in [1.807, 2.05) is 18.3 Å². The number of ether oxygens (including phenoxy) is 1. The smallest absolute Gasteiger partial charge is 0.119 e. The molecule has 0 spiro atoms. The van der Waals surface area contributed by atoms with Gasteiger partial charge in [0.15, 0.2) is 0 Å². The lowest BCUT2D eigenvalue weighted by Gasteiger charge is -2.35. The molecule has 2 aliphatic rings. The van der Waals surface area contributed by atoms with Crippen molar-refractivity contribution in [1.82, 2.24) is 9.55 Å². The summed E-state index contributed by atoms with van der Waals surface area (Å²) in [7, 11) is 1.72. The van der Waals surface area contributed by atoms with Gasteiger partial charge in [0.2, 0.25) is 0 Å². The van der Waals surface area contributed by atoms with Gasteiger partial charge in [0.05, 0.1) is 34.9 Å². The number of pyridine rings is 1. The van der Waals surface area contributed by atoms with E-state index in [1.165, 1.54) is 66.3 Å². The number of aromatic nitrogens is 2. The molecular weight excluding hydrogens is 839 g/mol. The van der Waals surface area contributed by atoms with Gasteiger partial charge in [0.1, 0.15) is 5.75 Å². The van der Waals surface area contributed by atoms with E-state index >= 15 is 0 Å². The van der Waals surface area contributed by atoms with Crippen molar-refractivity contribution >= 4 is 44.9 Å². The maximum Gasteiger partial charge on any atom is 0.119 e. The molecule has 0 atom stereocenters. The summed E-state index contributed by atoms with van der Waals surface area (Å²) in [6.07, 6.45) is 8.71. The quantitative estimate of drug-likeness (QED) is 0.145. The molecule has 2 aliphatic carbocycles. The van der Waals surface area contributed by atoms with Crippen LogP contribution < -0.4 is 9.64 Å². The first kappa shape index (κ1) is 40.5. The van der Waals surface area contributed by atoms with Crippen LogP contribution in [0.15, 0.2) is 237 Å². The van der Waals surface area contributed by atoms with Gasteiger partial charge >= 0.3 is 0 Å². The third-order valence-electron chi connectivity index (χ3n) is 14.5. The zero-order chi connectivity index (χ0) is 45.9. The van der Waals surface area contributed by atoms with Crippen molar-refractivity contribution in [3.8, 4) is 44.9 Å². The molecule has 2 aromatic heterocycles. The number of hydrogen-bond donors (Lipinski definition) is 0. The number of para-hydroxylation sites is 2. The Labute approximate surface area is 402 Å². The molecule has 328 valence electrons. The number of anilines is 3. The fraction of sp³-hybridized carbons (Fsp3) is 0.0615. The molecule has 0 fully saturated rings. The van der Waals surface area contributed by atoms with Crippen LogP contribution in [0.3, 0.4) is 0 Å². The Morgan fingerprint density at radius 1 is 0.522 bits per heavy atom. The fourth-order valence-electron chi connectivity index (χ4n) is 11.3. The molecule has 4 nitrogen and oxygen atoms in total. The van der Waals surface area contributed by atoms with E-state index in [0.29, 0.717) is 0 Å². The van der Waals surface area contributed by atoms with Crippen molar-refractivity contribution in [3.05, 3.63) is 270 Å². The van der Waals surface area contributed by atoms with Crippen molar-refractivity contribution in [2.45, 2.75) is 18.3 Å². The van der Waals surface area contributed by atoms with Crippen molar-refractivity contribution in [2.75, 3.05) is 12.0 Å². The highest BCUT2D eigenvalue weighted by Crippen LogP contribution is 2.57. The molecule has 69 heavy (non-hydrogen) atoms. The Morgan fingerprint density at radius 2 is 1.14 bits per heavy atom. The third-order valence-corrected chi connectivity index (χ3v) is 14.5. The predicted molar refractivity (Wildman–Crippen MR) is 285 cm³/mol. The van der Waals surface area contributed by atoms with E-state index in [1.54, 1.807) is 7.11 Å². The van der Waals surface area contributed by atoms with Gasteiger partial charge in [-0.05, 0) is 136 Å². The number of hydrogen-bond acceptors (Lipinski definition) is 3. The van der Waals surface area contributed by atoms with E-state index in [-0.39, 0.29) is 0 Å². The van der Waals surface area contributed by atoms with E-state index in [9.17, 15) is 0 Å². The molecule has 0 radical (unpaired) electrons. The van der Waals surface area contributed by atoms with Crippen LogP contribution in [0.4, 0.5) is 17.1 Å². The van der Waals surface area contributed by atoms with Gasteiger partial charge in [0.25, 0.3) is 0 Å². The van der Waals surface area contributed by atoms with E-state index in [0.717, 1.165) is 63.7 Å². The largest absolute Gasteiger partial charge is 0.497 e. The van der Waals surface area contributed by atoms with Crippen molar-refractivity contribution in [2.24, 2.45) is 0 Å². The monoisotopic (exact) mass is 885 g/mol. The second-order valence-corrected chi connectivity index (χ2v) is 18.1. The van der Waals surface area contributed by atoms with Crippen LogP contribution >= 0.6 is 0 Å². The van der Waals surface area contributed by atoms with Crippen molar-refractivity contribution in [3.63, 3.8) is 0 Å². The highest BCUT2D eigenvalue weighted by atomic mass is 16.5. The van der Waals surface area contributed by atoms with E-state index in [4.69, 9.17) is 9.72 Å². The summed E-state index contributed by atoms with van der Waals surface area (Å²) in [5.41, 5.74) is 20.7. The number of methoxy groups -OCH3 is 1. The number of nitrogens with zero attached hydrogens (tertiary/aromatic N) is 3. The number of allylic oxidation sites excluding steroid dienone is 1. The number of rotatable bonds is 9. The second kappa shape index (κ2) is 16.6. The molecule has 0 N–H and O–H groups in total. The summed E-state index contributed by atoms with van der Waals surface area (Å²) in [6.45, 7) is 0. The average molecular weight is 886 g/mol. The SMILES string of the molecule is COc1ccc(N(c2ccc(C3(c4cccc(-c5ccc(-c6ccc(-n7c8ccccc8c8ccccc87)cc6)nc5)c4)c4ccccc4-c4ccccc43)cc2)c2cccc3c2C=CCC3)cc1. The summed E-state index contributed by atoms with van der Waals surface area (Å²) < 4.78 is 7.95. The predicted octanol–water partition coefficient (Wildman–Crippen LogP) is 16.3. The third kappa shape index (κ3) is 6.55. The average Bonchev–Trinajstić information content (AvgIpc) is 3.93. The maximum atomic E-state index is 5.59. The van der Waals surface area contributed by atoms with Gasteiger partial charge < -0.3 is 14.2 Å². The van der Waals surface area contributed by atoms with Crippen LogP contribution in [0.25, 0.3) is 67.1 Å². The van der Waals surface area contributed by atoms with Gasteiger partial charge in [-0.15, -0.1) is 0 Å². The summed E-state index contributed by atoms with van der Waals surface area (Å²) in [4.78, 5) is 7.47. The molecule has 0 saturated carbocycles. The molecule has 9 aromatic carbocycles. The first-order valence-electron chi connectivity index (χ1n) is 23.9. The molecule has 2 heterocycles. The molecule has 0 bridgehead atoms. The van der Waals surface area contributed by atoms with Gasteiger partial charge in [-0.3, -0.25) is 4.98 Å². The lowest BCUT2D eigenvalue weighted by atomic mass is 9.67. The second-order valence-electron chi connectivity index (χ2n) is 18.1. The van der Waals surface area contributed by atoms with Gasteiger partial charge in [-0.25, -0.2) is 0 Å². The molecule has 0 amide bonds. The fourth-order valence-corrected chi connectivity index (χ4v) is 11.3. The molecule has 4 heteroatoms. The Bertz CT molecular complexity index is 3650. The summed E-state index contributed by atoms with van der Waals surface area (Å²) in [5, 5.41) is 2.52. The lowest BCUT2D eigenvalue weighted by Crippen LogP contribution is -2.28. The molecule has 11 aromatic rings. The van der Waals surface area contributed by atoms with Gasteiger partial charge in [0, 0.05) is 50.7 Å². The van der Waals surface area contributed by atoms with Gasteiger partial charge in [-0.2, -0.15) is 0 Å². The first-order valence-corrected chi connectivity index (χ1v) is 23.9. The normalized spacial score (nSPS) is 13.2.